The van der Waals surface area contributed by atoms with Crippen molar-refractivity contribution in [2.24, 2.45) is 5.92 Å². The molecule has 1 aliphatic rings. The number of thiophene rings is 1. The van der Waals surface area contributed by atoms with E-state index in [0.717, 1.165) is 5.69 Å². The Bertz CT molecular complexity index is 626. The van der Waals surface area contributed by atoms with Gasteiger partial charge in [0, 0.05) is 16.6 Å². The van der Waals surface area contributed by atoms with Crippen LogP contribution in [0.25, 0.3) is 0 Å². The Hall–Kier alpha value is -1.40. The Kier molecular flexibility index (Phi) is 3.76. The van der Waals surface area contributed by atoms with Crippen molar-refractivity contribution < 1.29 is 4.92 Å². The minimum atomic E-state index is -0.383. The molecule has 0 spiro atoms. The Labute approximate surface area is 129 Å². The molecule has 3 rings (SSSR count). The van der Waals surface area contributed by atoms with Crippen LogP contribution in [0.1, 0.15) is 23.8 Å². The third-order valence-corrected chi connectivity index (χ3v) is 5.00. The van der Waals surface area contributed by atoms with Gasteiger partial charge < -0.3 is 5.32 Å². The van der Waals surface area contributed by atoms with Crippen LogP contribution < -0.4 is 5.32 Å². The van der Waals surface area contributed by atoms with E-state index in [2.05, 4.69) is 38.8 Å². The lowest BCUT2D eigenvalue weighted by atomic mass is 10.1. The minimum Gasteiger partial charge on any atom is -0.377 e. The zero-order valence-corrected chi connectivity index (χ0v) is 13.0. The van der Waals surface area contributed by atoms with Crippen LogP contribution in [0, 0.1) is 16.0 Å². The summed E-state index contributed by atoms with van der Waals surface area (Å²) in [4.78, 5) is 11.8. The summed E-state index contributed by atoms with van der Waals surface area (Å²) >= 11 is 5.01. The molecule has 1 aromatic heterocycles. The van der Waals surface area contributed by atoms with Crippen molar-refractivity contribution in [3.8, 4) is 0 Å². The van der Waals surface area contributed by atoms with E-state index in [0.29, 0.717) is 16.4 Å². The van der Waals surface area contributed by atoms with E-state index in [1.165, 1.54) is 23.8 Å². The predicted octanol–water partition coefficient (Wildman–Crippen LogP) is 4.98. The lowest BCUT2D eigenvalue weighted by molar-refractivity contribution is -0.385. The van der Waals surface area contributed by atoms with E-state index < -0.39 is 0 Å². The Morgan fingerprint density at radius 1 is 1.40 bits per heavy atom. The van der Waals surface area contributed by atoms with Gasteiger partial charge in [-0.15, -0.1) is 11.3 Å². The highest BCUT2D eigenvalue weighted by molar-refractivity contribution is 9.10. The Morgan fingerprint density at radius 3 is 2.75 bits per heavy atom. The highest BCUT2D eigenvalue weighted by Crippen LogP contribution is 2.44. The summed E-state index contributed by atoms with van der Waals surface area (Å²) < 4.78 is 0.508. The van der Waals surface area contributed by atoms with Gasteiger partial charge >= 0.3 is 0 Å². The van der Waals surface area contributed by atoms with E-state index in [1.54, 1.807) is 23.5 Å². The summed E-state index contributed by atoms with van der Waals surface area (Å²) in [5.41, 5.74) is 1.00. The molecule has 4 nitrogen and oxygen atoms in total. The number of benzene rings is 1. The van der Waals surface area contributed by atoms with E-state index >= 15 is 0 Å². The lowest BCUT2D eigenvalue weighted by Crippen LogP contribution is -2.11. The van der Waals surface area contributed by atoms with Gasteiger partial charge in [-0.25, -0.2) is 0 Å². The monoisotopic (exact) mass is 352 g/mol. The molecule has 0 bridgehead atoms. The van der Waals surface area contributed by atoms with Gasteiger partial charge in [-0.05, 0) is 58.3 Å². The summed E-state index contributed by atoms with van der Waals surface area (Å²) in [7, 11) is 0. The number of nitrogens with one attached hydrogen (secondary N) is 1. The molecule has 1 unspecified atom stereocenters. The van der Waals surface area contributed by atoms with Gasteiger partial charge in [-0.1, -0.05) is 6.07 Å². The fourth-order valence-corrected chi connectivity index (χ4v) is 3.64. The molecule has 0 saturated heterocycles. The maximum atomic E-state index is 10.8. The van der Waals surface area contributed by atoms with Crippen molar-refractivity contribution in [1.29, 1.82) is 0 Å². The van der Waals surface area contributed by atoms with Crippen LogP contribution in [0.15, 0.2) is 40.2 Å². The van der Waals surface area contributed by atoms with E-state index in [1.807, 2.05) is 0 Å². The van der Waals surface area contributed by atoms with Crippen LogP contribution in [0.2, 0.25) is 0 Å². The molecule has 1 fully saturated rings. The second kappa shape index (κ2) is 5.54. The second-order valence-electron chi connectivity index (χ2n) is 4.90. The molecule has 1 N–H and O–H groups in total. The van der Waals surface area contributed by atoms with Gasteiger partial charge in [0.15, 0.2) is 0 Å². The van der Waals surface area contributed by atoms with Crippen LogP contribution in [-0.4, -0.2) is 4.92 Å². The van der Waals surface area contributed by atoms with Gasteiger partial charge in [0.1, 0.15) is 0 Å². The van der Waals surface area contributed by atoms with Crippen LogP contribution in [0.5, 0.6) is 0 Å². The van der Waals surface area contributed by atoms with Gasteiger partial charge in [0.2, 0.25) is 0 Å². The molecule has 6 heteroatoms. The number of nitrogens with zero attached hydrogens (tertiary/aromatic N) is 1. The number of halogens is 1. The molecule has 1 aromatic carbocycles. The molecule has 1 heterocycles. The van der Waals surface area contributed by atoms with Crippen molar-refractivity contribution in [3.63, 3.8) is 0 Å². The number of nitro groups is 1. The van der Waals surface area contributed by atoms with Crippen molar-refractivity contribution in [1.82, 2.24) is 0 Å². The lowest BCUT2D eigenvalue weighted by Gasteiger charge is -2.18. The number of hydrogen-bond donors (Lipinski definition) is 1. The zero-order chi connectivity index (χ0) is 14.1. The first kappa shape index (κ1) is 13.6. The van der Waals surface area contributed by atoms with Gasteiger partial charge in [-0.2, -0.15) is 0 Å². The van der Waals surface area contributed by atoms with Crippen molar-refractivity contribution in [2.75, 3.05) is 5.32 Å². The molecule has 20 heavy (non-hydrogen) atoms. The first-order chi connectivity index (χ1) is 9.65. The van der Waals surface area contributed by atoms with Crippen LogP contribution in [0.3, 0.4) is 0 Å². The van der Waals surface area contributed by atoms with Crippen LogP contribution in [0.4, 0.5) is 11.4 Å². The summed E-state index contributed by atoms with van der Waals surface area (Å²) in [6.07, 6.45) is 2.48. The van der Waals surface area contributed by atoms with E-state index in [-0.39, 0.29) is 10.6 Å². The molecule has 1 saturated carbocycles. The maximum Gasteiger partial charge on any atom is 0.283 e. The maximum absolute atomic E-state index is 10.8. The average molecular weight is 353 g/mol. The second-order valence-corrected chi connectivity index (χ2v) is 6.73. The molecule has 1 aliphatic carbocycles. The smallest absolute Gasteiger partial charge is 0.283 e. The summed E-state index contributed by atoms with van der Waals surface area (Å²) in [6.45, 7) is 0. The quantitative estimate of drug-likeness (QED) is 0.609. The van der Waals surface area contributed by atoms with E-state index in [9.17, 15) is 10.1 Å². The fourth-order valence-electron chi connectivity index (χ4n) is 2.24. The van der Waals surface area contributed by atoms with Gasteiger partial charge in [0.05, 0.1) is 15.4 Å². The van der Waals surface area contributed by atoms with Crippen molar-refractivity contribution in [2.45, 2.75) is 18.9 Å². The first-order valence-corrected chi connectivity index (χ1v) is 8.06. The summed E-state index contributed by atoms with van der Waals surface area (Å²) in [5.74, 6) is 0.669. The molecule has 0 radical (unpaired) electrons. The molecule has 104 valence electrons. The third-order valence-electron chi connectivity index (χ3n) is 3.41. The van der Waals surface area contributed by atoms with Gasteiger partial charge in [-0.3, -0.25) is 10.1 Å². The van der Waals surface area contributed by atoms with Crippen LogP contribution >= 0.6 is 27.3 Å². The zero-order valence-electron chi connectivity index (χ0n) is 10.6. The SMILES string of the molecule is O=[N+]([O-])c1ccc(NC(c2cccs2)C2CC2)cc1Br. The topological polar surface area (TPSA) is 55.2 Å². The number of hydrogen-bond acceptors (Lipinski definition) is 4. The van der Waals surface area contributed by atoms with Crippen molar-refractivity contribution in [3.05, 3.63) is 55.2 Å². The first-order valence-electron chi connectivity index (χ1n) is 6.39. The third kappa shape index (κ3) is 2.86. The largest absolute Gasteiger partial charge is 0.377 e. The average Bonchev–Trinajstić information content (AvgIpc) is 3.10. The molecule has 0 aliphatic heterocycles. The van der Waals surface area contributed by atoms with E-state index in [4.69, 9.17) is 0 Å². The van der Waals surface area contributed by atoms with Crippen LogP contribution in [-0.2, 0) is 0 Å². The number of nitro benzene ring substituents is 1. The molecule has 1 atom stereocenters. The number of anilines is 1. The number of rotatable bonds is 5. The molecular weight excluding hydrogens is 340 g/mol. The minimum absolute atomic E-state index is 0.0923. The van der Waals surface area contributed by atoms with Gasteiger partial charge in [0.25, 0.3) is 5.69 Å². The summed E-state index contributed by atoms with van der Waals surface area (Å²) in [6, 6.07) is 9.59. The fraction of sp³-hybridized carbons (Fsp3) is 0.286. The highest BCUT2D eigenvalue weighted by atomic mass is 79.9. The molecular formula is C14H13BrN2O2S. The Morgan fingerprint density at radius 2 is 2.20 bits per heavy atom. The summed E-state index contributed by atoms with van der Waals surface area (Å²) in [5, 5.41) is 16.4. The molecule has 2 aromatic rings. The predicted molar refractivity (Wildman–Crippen MR) is 84.2 cm³/mol. The van der Waals surface area contributed by atoms with Crippen molar-refractivity contribution >= 4 is 38.6 Å². The standard InChI is InChI=1S/C14H13BrN2O2S/c15-11-8-10(5-6-12(11)17(18)19)16-14(9-3-4-9)13-2-1-7-20-13/h1-2,5-9,14,16H,3-4H2. The highest BCUT2D eigenvalue weighted by Gasteiger charge is 2.33. The molecule has 0 amide bonds. The Balaban J connectivity index is 1.82. The normalized spacial score (nSPS) is 15.8.